The molecule has 5 nitrogen and oxygen atoms in total. The molecular formula is C18H16N2O3. The number of carboxylic acids is 1. The third-order valence-electron chi connectivity index (χ3n) is 3.93. The smallest absolute Gasteiger partial charge is 0.337 e. The summed E-state index contributed by atoms with van der Waals surface area (Å²) in [5, 5.41) is 12.4. The van der Waals surface area contributed by atoms with Gasteiger partial charge in [-0.15, -0.1) is 6.42 Å². The van der Waals surface area contributed by atoms with E-state index in [9.17, 15) is 9.90 Å². The molecule has 3 rings (SSSR count). The minimum absolute atomic E-state index is 0.218. The molecule has 0 amide bonds. The molecule has 0 bridgehead atoms. The van der Waals surface area contributed by atoms with Crippen molar-refractivity contribution in [1.29, 1.82) is 0 Å². The molecule has 5 heteroatoms. The monoisotopic (exact) mass is 308 g/mol. The highest BCUT2D eigenvalue weighted by atomic mass is 16.5. The van der Waals surface area contributed by atoms with Crippen molar-refractivity contribution in [3.63, 3.8) is 0 Å². The largest absolute Gasteiger partial charge is 0.493 e. The Morgan fingerprint density at radius 2 is 2.35 bits per heavy atom. The number of hydrogen-bond donors (Lipinski definition) is 2. The Morgan fingerprint density at radius 3 is 3.13 bits per heavy atom. The molecule has 0 spiro atoms. The molecule has 1 aromatic heterocycles. The summed E-state index contributed by atoms with van der Waals surface area (Å²) >= 11 is 0. The first-order valence-corrected chi connectivity index (χ1v) is 7.33. The van der Waals surface area contributed by atoms with Crippen LogP contribution in [0, 0.1) is 12.3 Å². The summed E-state index contributed by atoms with van der Waals surface area (Å²) < 4.78 is 5.68. The molecule has 0 unspecified atom stereocenters. The van der Waals surface area contributed by atoms with E-state index in [4.69, 9.17) is 11.2 Å². The normalized spacial score (nSPS) is 15.9. The summed E-state index contributed by atoms with van der Waals surface area (Å²) in [6.07, 6.45) is 9.28. The maximum Gasteiger partial charge on any atom is 0.337 e. The van der Waals surface area contributed by atoms with Crippen LogP contribution in [-0.2, 0) is 0 Å². The van der Waals surface area contributed by atoms with Gasteiger partial charge in [-0.3, -0.25) is 4.98 Å². The van der Waals surface area contributed by atoms with E-state index in [-0.39, 0.29) is 11.5 Å². The summed E-state index contributed by atoms with van der Waals surface area (Å²) in [5.41, 5.74) is 2.62. The van der Waals surface area contributed by atoms with Crippen LogP contribution in [0.5, 0.6) is 5.75 Å². The van der Waals surface area contributed by atoms with Gasteiger partial charge in [0.05, 0.1) is 24.1 Å². The minimum atomic E-state index is -0.971. The number of anilines is 1. The second kappa shape index (κ2) is 6.41. The lowest BCUT2D eigenvalue weighted by Gasteiger charge is -2.26. The van der Waals surface area contributed by atoms with Crippen molar-refractivity contribution < 1.29 is 14.6 Å². The van der Waals surface area contributed by atoms with Crippen molar-refractivity contribution in [2.24, 2.45) is 0 Å². The number of nitrogens with zero attached hydrogens (tertiary/aromatic N) is 1. The number of ether oxygens (including phenoxy) is 1. The maximum atomic E-state index is 11.2. The van der Waals surface area contributed by atoms with Gasteiger partial charge in [0.2, 0.25) is 0 Å². The van der Waals surface area contributed by atoms with E-state index < -0.39 is 5.97 Å². The first kappa shape index (κ1) is 14.9. The number of fused-ring (bicyclic) bond motifs is 1. The topological polar surface area (TPSA) is 71.5 Å². The van der Waals surface area contributed by atoms with Crippen LogP contribution in [-0.4, -0.2) is 29.2 Å². The van der Waals surface area contributed by atoms with Crippen LogP contribution < -0.4 is 10.1 Å². The van der Waals surface area contributed by atoms with Crippen molar-refractivity contribution in [1.82, 2.24) is 4.98 Å². The van der Waals surface area contributed by atoms with E-state index in [1.54, 1.807) is 0 Å². The van der Waals surface area contributed by atoms with Gasteiger partial charge in [0.1, 0.15) is 5.75 Å². The molecule has 1 atom stereocenters. The molecule has 1 aliphatic rings. The van der Waals surface area contributed by atoms with Gasteiger partial charge in [-0.2, -0.15) is 0 Å². The van der Waals surface area contributed by atoms with E-state index in [0.717, 1.165) is 23.3 Å². The maximum absolute atomic E-state index is 11.2. The number of aromatic carboxylic acids is 1. The molecule has 2 heterocycles. The number of benzene rings is 1. The lowest BCUT2D eigenvalue weighted by atomic mass is 9.92. The zero-order valence-corrected chi connectivity index (χ0v) is 12.5. The molecule has 116 valence electrons. The number of rotatable bonds is 4. The Kier molecular flexibility index (Phi) is 4.15. The van der Waals surface area contributed by atoms with Crippen LogP contribution in [0.4, 0.5) is 5.69 Å². The molecule has 1 aromatic carbocycles. The number of hydrogen-bond acceptors (Lipinski definition) is 4. The Balaban J connectivity index is 1.79. The fourth-order valence-corrected chi connectivity index (χ4v) is 2.72. The summed E-state index contributed by atoms with van der Waals surface area (Å²) in [5.74, 6) is 2.67. The van der Waals surface area contributed by atoms with Gasteiger partial charge < -0.3 is 15.2 Å². The third-order valence-corrected chi connectivity index (χ3v) is 3.93. The second-order valence-electron chi connectivity index (χ2n) is 5.34. The van der Waals surface area contributed by atoms with E-state index in [2.05, 4.69) is 16.2 Å². The highest BCUT2D eigenvalue weighted by molar-refractivity contribution is 5.93. The van der Waals surface area contributed by atoms with Gasteiger partial charge in [-0.25, -0.2) is 4.79 Å². The van der Waals surface area contributed by atoms with Crippen molar-refractivity contribution in [3.8, 4) is 18.1 Å². The van der Waals surface area contributed by atoms with Crippen LogP contribution in [0.1, 0.15) is 33.8 Å². The van der Waals surface area contributed by atoms with Gasteiger partial charge in [0.25, 0.3) is 0 Å². The Labute approximate surface area is 134 Å². The first-order valence-electron chi connectivity index (χ1n) is 7.33. The molecule has 0 radical (unpaired) electrons. The van der Waals surface area contributed by atoms with Gasteiger partial charge >= 0.3 is 5.97 Å². The fraction of sp³-hybridized carbons (Fsp3) is 0.222. The van der Waals surface area contributed by atoms with Crippen LogP contribution in [0.3, 0.4) is 0 Å². The van der Waals surface area contributed by atoms with E-state index in [1.165, 1.54) is 18.5 Å². The van der Waals surface area contributed by atoms with Gasteiger partial charge in [-0.1, -0.05) is 12.0 Å². The highest BCUT2D eigenvalue weighted by Crippen LogP contribution is 2.34. The molecule has 0 aliphatic carbocycles. The summed E-state index contributed by atoms with van der Waals surface area (Å²) in [6.45, 7) is 1.23. The van der Waals surface area contributed by atoms with Crippen LogP contribution in [0.15, 0.2) is 36.7 Å². The molecule has 0 saturated carbocycles. The first-order chi connectivity index (χ1) is 11.2. The summed E-state index contributed by atoms with van der Waals surface area (Å²) in [6, 6.07) is 7.24. The average molecular weight is 308 g/mol. The average Bonchev–Trinajstić information content (AvgIpc) is 2.59. The molecule has 1 aliphatic heterocycles. The van der Waals surface area contributed by atoms with Crippen LogP contribution in [0.25, 0.3) is 0 Å². The van der Waals surface area contributed by atoms with E-state index in [1.807, 2.05) is 18.2 Å². The van der Waals surface area contributed by atoms with Crippen LogP contribution in [0.2, 0.25) is 0 Å². The van der Waals surface area contributed by atoms with Gasteiger partial charge in [0.15, 0.2) is 0 Å². The lowest BCUT2D eigenvalue weighted by molar-refractivity contribution is 0.0697. The number of carboxylic acid groups (broad SMARTS) is 1. The van der Waals surface area contributed by atoms with Gasteiger partial charge in [0, 0.05) is 24.2 Å². The van der Waals surface area contributed by atoms with Crippen molar-refractivity contribution in [3.05, 3.63) is 53.3 Å². The summed E-state index contributed by atoms with van der Waals surface area (Å²) in [7, 11) is 0. The second-order valence-corrected chi connectivity index (χ2v) is 5.34. The van der Waals surface area contributed by atoms with E-state index >= 15 is 0 Å². The zero-order chi connectivity index (χ0) is 16.2. The van der Waals surface area contributed by atoms with Crippen molar-refractivity contribution >= 4 is 11.7 Å². The number of nitrogens with one attached hydrogen (secondary N) is 1. The standard InChI is InChI=1S/C18H16N2O3/c1-2-12-3-4-14-13(6-8-23-17(14)9-12)10-20-16-11-19-7-5-15(16)18(21)22/h1,3-5,7,9,11,13,20H,6,8,10H2,(H,21,22)/t13-/m1/s1. The van der Waals surface area contributed by atoms with Crippen molar-refractivity contribution in [2.45, 2.75) is 12.3 Å². The highest BCUT2D eigenvalue weighted by Gasteiger charge is 2.22. The quantitative estimate of drug-likeness (QED) is 0.850. The SMILES string of the molecule is C#Cc1ccc2c(c1)OCC[C@@H]2CNc1cnccc1C(=O)O. The summed E-state index contributed by atoms with van der Waals surface area (Å²) in [4.78, 5) is 15.2. The number of aromatic nitrogens is 1. The predicted molar refractivity (Wildman–Crippen MR) is 86.9 cm³/mol. The lowest BCUT2D eigenvalue weighted by Crippen LogP contribution is -2.21. The molecule has 2 aromatic rings. The predicted octanol–water partition coefficient (Wildman–Crippen LogP) is 2.74. The zero-order valence-electron chi connectivity index (χ0n) is 12.5. The molecular weight excluding hydrogens is 292 g/mol. The Hall–Kier alpha value is -3.00. The molecule has 0 fully saturated rings. The minimum Gasteiger partial charge on any atom is -0.493 e. The molecule has 2 N–H and O–H groups in total. The van der Waals surface area contributed by atoms with Crippen molar-refractivity contribution in [2.75, 3.05) is 18.5 Å². The molecule has 23 heavy (non-hydrogen) atoms. The van der Waals surface area contributed by atoms with E-state index in [0.29, 0.717) is 18.8 Å². The number of terminal acetylenes is 1. The third kappa shape index (κ3) is 3.11. The number of pyridine rings is 1. The Bertz CT molecular complexity index is 780. The fourth-order valence-electron chi connectivity index (χ4n) is 2.72. The Morgan fingerprint density at radius 1 is 1.48 bits per heavy atom. The van der Waals surface area contributed by atoms with Crippen LogP contribution >= 0.6 is 0 Å². The van der Waals surface area contributed by atoms with Gasteiger partial charge in [-0.05, 0) is 30.2 Å². The number of carbonyl (C=O) groups is 1. The molecule has 0 saturated heterocycles.